The number of methoxy groups -OCH3 is 1. The number of cyclic esters (lactones) is 1. The molecule has 150 valence electrons. The fourth-order valence-electron chi connectivity index (χ4n) is 3.61. The van der Waals surface area contributed by atoms with Crippen molar-refractivity contribution >= 4 is 12.0 Å². The fourth-order valence-corrected chi connectivity index (χ4v) is 3.61. The molecule has 3 rings (SSSR count). The molecule has 0 unspecified atom stereocenters. The zero-order chi connectivity index (χ0) is 21.0. The van der Waals surface area contributed by atoms with E-state index < -0.39 is 30.0 Å². The highest BCUT2D eigenvalue weighted by molar-refractivity contribution is 5.97. The van der Waals surface area contributed by atoms with Gasteiger partial charge in [0.2, 0.25) is 11.0 Å². The molecule has 0 radical (unpaired) electrons. The first-order valence-corrected chi connectivity index (χ1v) is 9.23. The second-order valence-electron chi connectivity index (χ2n) is 6.88. The second kappa shape index (κ2) is 8.67. The van der Waals surface area contributed by atoms with Crippen molar-refractivity contribution in [2.24, 2.45) is 5.11 Å². The van der Waals surface area contributed by atoms with Gasteiger partial charge in [-0.25, -0.2) is 9.69 Å². The van der Waals surface area contributed by atoms with Crippen molar-refractivity contribution in [2.45, 2.75) is 31.8 Å². The van der Waals surface area contributed by atoms with E-state index in [4.69, 9.17) is 15.0 Å². The highest BCUT2D eigenvalue weighted by atomic mass is 16.6. The average Bonchev–Trinajstić information content (AvgIpc) is 3.13. The topological polar surface area (TPSA) is 106 Å². The minimum atomic E-state index is -1.03. The van der Waals surface area contributed by atoms with E-state index in [9.17, 15) is 9.59 Å². The van der Waals surface area contributed by atoms with Crippen molar-refractivity contribution in [3.8, 4) is 5.75 Å². The van der Waals surface area contributed by atoms with E-state index in [1.807, 2.05) is 56.3 Å². The maximum Gasteiger partial charge on any atom is 0.417 e. The summed E-state index contributed by atoms with van der Waals surface area (Å²) in [6, 6.07) is 13.2. The SMILES string of the molecule is COc1ccc([C@@H](C)[C@@H](N=[N+]=N)C(=O)N2C(=O)OC[C@@H]2c2ccccc2)c(C)c1. The van der Waals surface area contributed by atoms with Gasteiger partial charge in [0.25, 0.3) is 5.91 Å². The quantitative estimate of drug-likeness (QED) is 0.594. The van der Waals surface area contributed by atoms with Crippen LogP contribution in [-0.2, 0) is 9.53 Å². The number of benzene rings is 2. The Morgan fingerprint density at radius 2 is 2.03 bits per heavy atom. The molecule has 0 spiro atoms. The highest BCUT2D eigenvalue weighted by Crippen LogP contribution is 2.33. The number of amides is 2. The number of nitrogens with one attached hydrogen (secondary N) is 1. The monoisotopic (exact) mass is 395 g/mol. The number of imide groups is 1. The third-order valence-corrected chi connectivity index (χ3v) is 5.17. The summed E-state index contributed by atoms with van der Waals surface area (Å²) in [6.07, 6.45) is -0.715. The number of hydrogen-bond acceptors (Lipinski definition) is 6. The minimum absolute atomic E-state index is 0.0786. The first kappa shape index (κ1) is 20.2. The van der Waals surface area contributed by atoms with Crippen LogP contribution < -0.4 is 9.65 Å². The molecule has 1 heterocycles. The van der Waals surface area contributed by atoms with Gasteiger partial charge in [0.15, 0.2) is 0 Å². The van der Waals surface area contributed by atoms with Crippen LogP contribution in [-0.4, -0.2) is 36.7 Å². The molecule has 1 N–H and O–H groups in total. The maximum absolute atomic E-state index is 13.3. The Bertz CT molecular complexity index is 956. The Labute approximate surface area is 168 Å². The van der Waals surface area contributed by atoms with E-state index in [1.54, 1.807) is 13.2 Å². The van der Waals surface area contributed by atoms with Gasteiger partial charge in [-0.05, 0) is 35.7 Å². The summed E-state index contributed by atoms with van der Waals surface area (Å²) in [6.45, 7) is 3.81. The molecule has 8 nitrogen and oxygen atoms in total. The Morgan fingerprint density at radius 1 is 1.31 bits per heavy atom. The van der Waals surface area contributed by atoms with Gasteiger partial charge in [-0.3, -0.25) is 4.79 Å². The Balaban J connectivity index is 1.94. The lowest BCUT2D eigenvalue weighted by Crippen LogP contribution is -2.42. The molecule has 2 aromatic carbocycles. The van der Waals surface area contributed by atoms with Crippen molar-refractivity contribution < 1.29 is 19.1 Å². The van der Waals surface area contributed by atoms with Crippen molar-refractivity contribution in [1.82, 2.24) is 9.81 Å². The molecule has 1 fully saturated rings. The van der Waals surface area contributed by atoms with Gasteiger partial charge in [-0.2, -0.15) is 0 Å². The van der Waals surface area contributed by atoms with Crippen LogP contribution in [0.25, 0.3) is 0 Å². The summed E-state index contributed by atoms with van der Waals surface area (Å²) in [7, 11) is 1.58. The molecule has 0 aliphatic carbocycles. The molecule has 0 bridgehead atoms. The number of hydrogen-bond donors (Lipinski definition) is 1. The van der Waals surface area contributed by atoms with E-state index in [1.165, 1.54) is 0 Å². The van der Waals surface area contributed by atoms with Crippen LogP contribution in [0.4, 0.5) is 4.79 Å². The number of rotatable bonds is 6. The third-order valence-electron chi connectivity index (χ3n) is 5.17. The van der Waals surface area contributed by atoms with E-state index in [0.717, 1.165) is 21.6 Å². The molecular weight excluding hydrogens is 372 g/mol. The average molecular weight is 395 g/mol. The highest BCUT2D eigenvalue weighted by Gasteiger charge is 2.45. The number of carbonyl (C=O) groups is 2. The Morgan fingerprint density at radius 3 is 2.66 bits per heavy atom. The first-order chi connectivity index (χ1) is 14.0. The molecule has 1 saturated heterocycles. The molecule has 29 heavy (non-hydrogen) atoms. The van der Waals surface area contributed by atoms with Crippen LogP contribution in [0, 0.1) is 12.5 Å². The number of nitrogens with zero attached hydrogens (tertiary/aromatic N) is 3. The predicted octanol–water partition coefficient (Wildman–Crippen LogP) is 3.75. The lowest BCUT2D eigenvalue weighted by Gasteiger charge is -2.24. The third kappa shape index (κ3) is 4.02. The summed E-state index contributed by atoms with van der Waals surface area (Å²) < 4.78 is 10.4. The fraction of sp³-hybridized carbons (Fsp3) is 0.333. The van der Waals surface area contributed by atoms with Crippen molar-refractivity contribution in [3.63, 3.8) is 0 Å². The van der Waals surface area contributed by atoms with E-state index in [2.05, 4.69) is 10.0 Å². The molecule has 3 atom stereocenters. The van der Waals surface area contributed by atoms with E-state index >= 15 is 0 Å². The molecule has 0 aromatic heterocycles. The summed E-state index contributed by atoms with van der Waals surface area (Å²) in [5.41, 5.74) is 9.76. The molecule has 0 saturated carbocycles. The van der Waals surface area contributed by atoms with Gasteiger partial charge < -0.3 is 9.47 Å². The van der Waals surface area contributed by atoms with E-state index in [0.29, 0.717) is 5.75 Å². The summed E-state index contributed by atoms with van der Waals surface area (Å²) in [5, 5.41) is 3.85. The molecule has 1 aliphatic rings. The van der Waals surface area contributed by atoms with Crippen molar-refractivity contribution in [2.75, 3.05) is 13.7 Å². The normalized spacial score (nSPS) is 17.8. The minimum Gasteiger partial charge on any atom is -0.497 e. The largest absolute Gasteiger partial charge is 0.497 e. The zero-order valence-corrected chi connectivity index (χ0v) is 16.5. The molecule has 2 aromatic rings. The first-order valence-electron chi connectivity index (χ1n) is 9.23. The summed E-state index contributed by atoms with van der Waals surface area (Å²) in [4.78, 5) is 29.9. The molecule has 2 amide bonds. The second-order valence-corrected chi connectivity index (χ2v) is 6.88. The van der Waals surface area contributed by atoms with Gasteiger partial charge in [0.1, 0.15) is 29.0 Å². The van der Waals surface area contributed by atoms with Crippen LogP contribution >= 0.6 is 0 Å². The molecular formula is C21H23N4O4+. The maximum atomic E-state index is 13.3. The summed E-state index contributed by atoms with van der Waals surface area (Å²) >= 11 is 0. The standard InChI is InChI=1S/C21H23N4O4/c1-13-11-16(28-3)9-10-17(13)14(2)19(23-24-22)20(26)25-18(12-29-21(25)27)15-7-5-4-6-8-15/h4-11,14,18-19,22H,12H2,1-3H3/q+1/t14-,18-,19-/m1/s1. The van der Waals surface area contributed by atoms with Crippen molar-refractivity contribution in [3.05, 3.63) is 65.2 Å². The lowest BCUT2D eigenvalue weighted by molar-refractivity contribution is -0.131. The summed E-state index contributed by atoms with van der Waals surface area (Å²) in [5.74, 6) is -0.247. The predicted molar refractivity (Wildman–Crippen MR) is 105 cm³/mol. The van der Waals surface area contributed by atoms with Crippen LogP contribution in [0.3, 0.4) is 0 Å². The smallest absolute Gasteiger partial charge is 0.417 e. The van der Waals surface area contributed by atoms with Crippen LogP contribution in [0.5, 0.6) is 5.75 Å². The van der Waals surface area contributed by atoms with Gasteiger partial charge in [-0.1, -0.05) is 43.3 Å². The molecule has 8 heteroatoms. The van der Waals surface area contributed by atoms with E-state index in [-0.39, 0.29) is 6.61 Å². The van der Waals surface area contributed by atoms with Crippen LogP contribution in [0.2, 0.25) is 0 Å². The Kier molecular flexibility index (Phi) is 6.04. The number of aryl methyl sites for hydroxylation is 1. The van der Waals surface area contributed by atoms with Gasteiger partial charge >= 0.3 is 6.09 Å². The number of ether oxygens (including phenoxy) is 2. The lowest BCUT2D eigenvalue weighted by atomic mass is 9.89. The van der Waals surface area contributed by atoms with Gasteiger partial charge in [0.05, 0.1) is 7.11 Å². The van der Waals surface area contributed by atoms with Crippen LogP contribution in [0.1, 0.15) is 35.6 Å². The van der Waals surface area contributed by atoms with Gasteiger partial charge in [0, 0.05) is 5.92 Å². The van der Waals surface area contributed by atoms with Crippen molar-refractivity contribution in [1.29, 1.82) is 5.53 Å². The van der Waals surface area contributed by atoms with Crippen LogP contribution in [0.15, 0.2) is 53.6 Å². The Hall–Kier alpha value is -3.51. The zero-order valence-electron chi connectivity index (χ0n) is 16.5. The van der Waals surface area contributed by atoms with Gasteiger partial charge in [-0.15, -0.1) is 0 Å². The number of carbonyl (C=O) groups excluding carboxylic acids is 2. The molecule has 1 aliphatic heterocycles.